The first kappa shape index (κ1) is 24.9. The van der Waals surface area contributed by atoms with Crippen molar-refractivity contribution in [2.45, 2.75) is 32.5 Å². The smallest absolute Gasteiger partial charge is 0.387 e. The van der Waals surface area contributed by atoms with Crippen LogP contribution in [-0.4, -0.2) is 50.3 Å². The van der Waals surface area contributed by atoms with Crippen molar-refractivity contribution in [3.05, 3.63) is 48.2 Å². The van der Waals surface area contributed by atoms with Crippen LogP contribution >= 0.6 is 24.0 Å². The Kier molecular flexibility index (Phi) is 10.0. The van der Waals surface area contributed by atoms with Gasteiger partial charge >= 0.3 is 6.61 Å². The first-order valence-electron chi connectivity index (χ1n) is 9.91. The minimum atomic E-state index is -2.84. The molecular weight excluding hydrogens is 519 g/mol. The number of nitrogens with one attached hydrogen (secondary N) is 2. The molecule has 7 nitrogen and oxygen atoms in total. The number of aromatic nitrogens is 1. The largest absolute Gasteiger partial charge is 0.481 e. The Hall–Kier alpha value is -2.37. The minimum absolute atomic E-state index is 0. The first-order valence-corrected chi connectivity index (χ1v) is 9.91. The Labute approximate surface area is 198 Å². The summed E-state index contributed by atoms with van der Waals surface area (Å²) in [6.45, 7) is 1.77. The summed E-state index contributed by atoms with van der Waals surface area (Å²) in [5.41, 5.74) is 1.65. The van der Waals surface area contributed by atoms with Crippen LogP contribution in [0.2, 0.25) is 0 Å². The molecule has 3 rings (SSSR count). The molecule has 0 bridgehead atoms. The molecule has 2 aromatic rings. The summed E-state index contributed by atoms with van der Waals surface area (Å²) in [5.74, 6) is 1.47. The fourth-order valence-electron chi connectivity index (χ4n) is 3.32. The average Bonchev–Trinajstić information content (AvgIpc) is 3.21. The van der Waals surface area contributed by atoms with E-state index in [-0.39, 0.29) is 35.8 Å². The van der Waals surface area contributed by atoms with E-state index >= 15 is 0 Å². The summed E-state index contributed by atoms with van der Waals surface area (Å²) in [6.07, 6.45) is 2.60. The summed E-state index contributed by atoms with van der Waals surface area (Å²) in [5, 5.41) is 6.68. The van der Waals surface area contributed by atoms with Gasteiger partial charge in [-0.25, -0.2) is 9.98 Å². The number of ether oxygens (including phenoxy) is 2. The predicted octanol–water partition coefficient (Wildman–Crippen LogP) is 3.64. The van der Waals surface area contributed by atoms with Gasteiger partial charge < -0.3 is 25.0 Å². The fourth-order valence-corrected chi connectivity index (χ4v) is 3.32. The second kappa shape index (κ2) is 12.5. The fraction of sp³-hybridized carbons (Fsp3) is 0.429. The second-order valence-electron chi connectivity index (χ2n) is 6.83. The van der Waals surface area contributed by atoms with Crippen LogP contribution in [0.15, 0.2) is 47.6 Å². The highest BCUT2D eigenvalue weighted by molar-refractivity contribution is 14.0. The van der Waals surface area contributed by atoms with E-state index in [0.717, 1.165) is 25.1 Å². The number of pyridine rings is 1. The lowest BCUT2D eigenvalue weighted by atomic mass is 10.2. The van der Waals surface area contributed by atoms with Gasteiger partial charge in [0.2, 0.25) is 5.88 Å². The number of hydrogen-bond acceptors (Lipinski definition) is 5. The zero-order chi connectivity index (χ0) is 21.3. The molecule has 1 aliphatic heterocycles. The maximum atomic E-state index is 12.7. The SMILES string of the molecule is CCNC(=NCc1ccc(OC)nc1)NC1CCN(c2ccccc2OC(F)F)C1.I. The third-order valence-corrected chi connectivity index (χ3v) is 4.72. The summed E-state index contributed by atoms with van der Waals surface area (Å²) >= 11 is 0. The molecule has 1 unspecified atom stereocenters. The third-order valence-electron chi connectivity index (χ3n) is 4.72. The number of methoxy groups -OCH3 is 1. The number of hydrogen-bond donors (Lipinski definition) is 2. The predicted molar refractivity (Wildman–Crippen MR) is 128 cm³/mol. The molecule has 1 aliphatic rings. The van der Waals surface area contributed by atoms with E-state index in [1.807, 2.05) is 24.0 Å². The molecule has 1 aromatic heterocycles. The highest BCUT2D eigenvalue weighted by Crippen LogP contribution is 2.31. The molecule has 0 saturated carbocycles. The van der Waals surface area contributed by atoms with Crippen LogP contribution in [0.3, 0.4) is 0 Å². The van der Waals surface area contributed by atoms with E-state index in [0.29, 0.717) is 30.6 Å². The number of nitrogens with zero attached hydrogens (tertiary/aromatic N) is 3. The number of para-hydroxylation sites is 2. The summed E-state index contributed by atoms with van der Waals surface area (Å²) in [6, 6.07) is 10.7. The summed E-state index contributed by atoms with van der Waals surface area (Å²) in [7, 11) is 1.58. The van der Waals surface area contributed by atoms with E-state index in [1.54, 1.807) is 37.6 Å². The molecule has 1 aromatic carbocycles. The molecule has 2 N–H and O–H groups in total. The molecule has 1 fully saturated rings. The first-order chi connectivity index (χ1) is 14.6. The maximum Gasteiger partial charge on any atom is 0.387 e. The van der Waals surface area contributed by atoms with E-state index in [9.17, 15) is 8.78 Å². The van der Waals surface area contributed by atoms with Gasteiger partial charge in [-0.05, 0) is 31.0 Å². The highest BCUT2D eigenvalue weighted by Gasteiger charge is 2.26. The Balaban J connectivity index is 0.00000341. The van der Waals surface area contributed by atoms with Crippen molar-refractivity contribution in [2.24, 2.45) is 4.99 Å². The summed E-state index contributed by atoms with van der Waals surface area (Å²) in [4.78, 5) is 10.9. The van der Waals surface area contributed by atoms with Gasteiger partial charge in [-0.15, -0.1) is 24.0 Å². The van der Waals surface area contributed by atoms with Gasteiger partial charge in [-0.2, -0.15) is 8.78 Å². The van der Waals surface area contributed by atoms with Gasteiger partial charge in [0.15, 0.2) is 5.96 Å². The number of benzene rings is 1. The number of alkyl halides is 2. The van der Waals surface area contributed by atoms with Crippen LogP contribution in [-0.2, 0) is 6.54 Å². The Bertz CT molecular complexity index is 839. The lowest BCUT2D eigenvalue weighted by Crippen LogP contribution is -2.44. The lowest BCUT2D eigenvalue weighted by Gasteiger charge is -2.22. The topological polar surface area (TPSA) is 71.0 Å². The molecule has 0 spiro atoms. The molecule has 10 heteroatoms. The van der Waals surface area contributed by atoms with Crippen LogP contribution in [0.5, 0.6) is 11.6 Å². The number of anilines is 1. The second-order valence-corrected chi connectivity index (χ2v) is 6.83. The van der Waals surface area contributed by atoms with E-state index < -0.39 is 6.61 Å². The van der Waals surface area contributed by atoms with E-state index in [2.05, 4.69) is 25.3 Å². The van der Waals surface area contributed by atoms with Crippen molar-refractivity contribution in [1.29, 1.82) is 0 Å². The molecule has 0 aliphatic carbocycles. The molecule has 1 saturated heterocycles. The van der Waals surface area contributed by atoms with Crippen molar-refractivity contribution in [3.63, 3.8) is 0 Å². The van der Waals surface area contributed by atoms with E-state index in [1.165, 1.54) is 0 Å². The zero-order valence-electron chi connectivity index (χ0n) is 17.6. The normalized spacial score (nSPS) is 16.1. The Morgan fingerprint density at radius 2 is 2.10 bits per heavy atom. The highest BCUT2D eigenvalue weighted by atomic mass is 127. The van der Waals surface area contributed by atoms with Crippen LogP contribution in [0.4, 0.5) is 14.5 Å². The molecule has 1 atom stereocenters. The molecule has 31 heavy (non-hydrogen) atoms. The van der Waals surface area contributed by atoms with Crippen molar-refractivity contribution in [3.8, 4) is 11.6 Å². The molecule has 0 amide bonds. The number of aliphatic imine (C=N–C) groups is 1. The van der Waals surface area contributed by atoms with Gasteiger partial charge in [0.25, 0.3) is 0 Å². The van der Waals surface area contributed by atoms with Gasteiger partial charge in [-0.3, -0.25) is 0 Å². The lowest BCUT2D eigenvalue weighted by molar-refractivity contribution is -0.0495. The third kappa shape index (κ3) is 7.37. The standard InChI is InChI=1S/C21H27F2N5O2.HI/c1-3-24-21(26-13-15-8-9-19(29-2)25-12-15)27-16-10-11-28(14-16)17-6-4-5-7-18(17)30-20(22)23;/h4-9,12,16,20H,3,10-11,13-14H2,1-2H3,(H2,24,26,27);1H. The molecule has 0 radical (unpaired) electrons. The Morgan fingerprint density at radius 1 is 1.29 bits per heavy atom. The average molecular weight is 547 g/mol. The van der Waals surface area contributed by atoms with Gasteiger partial charge in [0.05, 0.1) is 19.3 Å². The van der Waals surface area contributed by atoms with Crippen LogP contribution in [0, 0.1) is 0 Å². The number of rotatable bonds is 8. The van der Waals surface area contributed by atoms with Gasteiger partial charge in [0, 0.05) is 37.9 Å². The Morgan fingerprint density at radius 3 is 2.77 bits per heavy atom. The van der Waals surface area contributed by atoms with Gasteiger partial charge in [-0.1, -0.05) is 18.2 Å². The number of guanidine groups is 1. The van der Waals surface area contributed by atoms with Crippen LogP contribution in [0.25, 0.3) is 0 Å². The maximum absolute atomic E-state index is 12.7. The van der Waals surface area contributed by atoms with Gasteiger partial charge in [0.1, 0.15) is 5.75 Å². The van der Waals surface area contributed by atoms with Crippen LogP contribution in [0.1, 0.15) is 18.9 Å². The monoisotopic (exact) mass is 547 g/mol. The summed E-state index contributed by atoms with van der Waals surface area (Å²) < 4.78 is 35.1. The van der Waals surface area contributed by atoms with E-state index in [4.69, 9.17) is 4.74 Å². The van der Waals surface area contributed by atoms with Crippen molar-refractivity contribution in [1.82, 2.24) is 15.6 Å². The van der Waals surface area contributed by atoms with Crippen molar-refractivity contribution < 1.29 is 18.3 Å². The molecule has 2 heterocycles. The van der Waals surface area contributed by atoms with Crippen molar-refractivity contribution >= 4 is 35.6 Å². The number of halogens is 3. The zero-order valence-corrected chi connectivity index (χ0v) is 19.9. The molecule has 170 valence electrons. The van der Waals surface area contributed by atoms with Crippen molar-refractivity contribution in [2.75, 3.05) is 31.6 Å². The molecular formula is C21H28F2IN5O2. The quantitative estimate of drug-likeness (QED) is 0.299. The van der Waals surface area contributed by atoms with Crippen LogP contribution < -0.4 is 25.0 Å². The minimum Gasteiger partial charge on any atom is -0.481 e.